The average Bonchev–Trinajstić information content (AvgIpc) is 2.47. The fourth-order valence-corrected chi connectivity index (χ4v) is 2.91. The Morgan fingerprint density at radius 2 is 2.00 bits per heavy atom. The molecule has 2 atom stereocenters. The van der Waals surface area contributed by atoms with Crippen molar-refractivity contribution in [2.75, 3.05) is 33.2 Å². The van der Waals surface area contributed by atoms with Crippen molar-refractivity contribution >= 4 is 0 Å². The van der Waals surface area contributed by atoms with Gasteiger partial charge in [-0.15, -0.1) is 0 Å². The highest BCUT2D eigenvalue weighted by molar-refractivity contribution is 4.96. The Bertz CT molecular complexity index is 197. The van der Waals surface area contributed by atoms with Crippen molar-refractivity contribution in [2.24, 2.45) is 11.8 Å². The molecular formula is C11H21FN2. The van der Waals surface area contributed by atoms with Crippen molar-refractivity contribution in [3.8, 4) is 0 Å². The van der Waals surface area contributed by atoms with Gasteiger partial charge >= 0.3 is 0 Å². The van der Waals surface area contributed by atoms with Gasteiger partial charge in [-0.05, 0) is 45.8 Å². The molecule has 0 aromatic heterocycles. The Morgan fingerprint density at radius 3 is 2.50 bits per heavy atom. The molecule has 2 heterocycles. The van der Waals surface area contributed by atoms with Gasteiger partial charge in [0.2, 0.25) is 0 Å². The quantitative estimate of drug-likeness (QED) is 0.686. The monoisotopic (exact) mass is 200 g/mol. The summed E-state index contributed by atoms with van der Waals surface area (Å²) in [5, 5.41) is 3.18. The first kappa shape index (κ1) is 10.4. The summed E-state index contributed by atoms with van der Waals surface area (Å²) in [6, 6.07) is 0. The summed E-state index contributed by atoms with van der Waals surface area (Å²) < 4.78 is 14.1. The summed E-state index contributed by atoms with van der Waals surface area (Å²) in [7, 11) is 2.15. The molecule has 0 bridgehead atoms. The van der Waals surface area contributed by atoms with E-state index in [0.717, 1.165) is 19.6 Å². The van der Waals surface area contributed by atoms with Crippen molar-refractivity contribution in [1.29, 1.82) is 0 Å². The predicted molar refractivity (Wildman–Crippen MR) is 56.1 cm³/mol. The maximum Gasteiger partial charge on any atom is 0.124 e. The van der Waals surface area contributed by atoms with Crippen LogP contribution in [0, 0.1) is 11.8 Å². The zero-order chi connectivity index (χ0) is 10.2. The van der Waals surface area contributed by atoms with Gasteiger partial charge in [0.25, 0.3) is 0 Å². The molecule has 0 spiro atoms. The summed E-state index contributed by atoms with van der Waals surface area (Å²) in [6.07, 6.45) is 2.34. The standard InChI is InChI=1S/C11H21FN2/c1-11(12)8-13-7-10(11)9-3-5-14(2)6-4-9/h9-10,13H,3-8H2,1-2H3. The summed E-state index contributed by atoms with van der Waals surface area (Å²) in [4.78, 5) is 2.34. The van der Waals surface area contributed by atoms with Gasteiger partial charge in [0.1, 0.15) is 5.67 Å². The molecule has 14 heavy (non-hydrogen) atoms. The molecule has 2 unspecified atom stereocenters. The first-order valence-corrected chi connectivity index (χ1v) is 5.68. The van der Waals surface area contributed by atoms with Crippen LogP contribution >= 0.6 is 0 Å². The second-order valence-electron chi connectivity index (χ2n) is 5.16. The summed E-state index contributed by atoms with van der Waals surface area (Å²) in [5.74, 6) is 0.840. The minimum atomic E-state index is -0.972. The van der Waals surface area contributed by atoms with E-state index in [2.05, 4.69) is 17.3 Å². The predicted octanol–water partition coefficient (Wildman–Crippen LogP) is 1.28. The van der Waals surface area contributed by atoms with E-state index in [0.29, 0.717) is 12.5 Å². The molecule has 2 fully saturated rings. The van der Waals surface area contributed by atoms with Gasteiger partial charge in [-0.1, -0.05) is 0 Å². The van der Waals surface area contributed by atoms with Crippen LogP contribution in [-0.4, -0.2) is 43.8 Å². The second-order valence-corrected chi connectivity index (χ2v) is 5.16. The molecule has 3 heteroatoms. The van der Waals surface area contributed by atoms with Gasteiger partial charge < -0.3 is 10.2 Å². The lowest BCUT2D eigenvalue weighted by Gasteiger charge is -2.36. The molecule has 0 radical (unpaired) electrons. The number of likely N-dealkylation sites (tertiary alicyclic amines) is 1. The van der Waals surface area contributed by atoms with Crippen LogP contribution in [0.1, 0.15) is 19.8 Å². The Hall–Kier alpha value is -0.150. The van der Waals surface area contributed by atoms with E-state index >= 15 is 0 Å². The van der Waals surface area contributed by atoms with Gasteiger partial charge in [-0.3, -0.25) is 0 Å². The number of alkyl halides is 1. The summed E-state index contributed by atoms with van der Waals surface area (Å²) in [5.41, 5.74) is -0.972. The number of halogens is 1. The molecule has 2 nitrogen and oxygen atoms in total. The third-order valence-electron chi connectivity index (χ3n) is 3.94. The van der Waals surface area contributed by atoms with E-state index in [1.807, 2.05) is 0 Å². The zero-order valence-electron chi connectivity index (χ0n) is 9.22. The van der Waals surface area contributed by atoms with E-state index in [1.165, 1.54) is 12.8 Å². The first-order chi connectivity index (χ1) is 6.59. The fourth-order valence-electron chi connectivity index (χ4n) is 2.91. The van der Waals surface area contributed by atoms with E-state index in [4.69, 9.17) is 0 Å². The van der Waals surface area contributed by atoms with Crippen LogP contribution in [0.2, 0.25) is 0 Å². The van der Waals surface area contributed by atoms with Gasteiger partial charge in [-0.2, -0.15) is 0 Å². The minimum absolute atomic E-state index is 0.246. The van der Waals surface area contributed by atoms with E-state index in [9.17, 15) is 4.39 Å². The maximum atomic E-state index is 14.1. The highest BCUT2D eigenvalue weighted by atomic mass is 19.1. The van der Waals surface area contributed by atoms with Gasteiger partial charge in [0.15, 0.2) is 0 Å². The molecule has 0 aliphatic carbocycles. The Labute approximate surface area is 85.9 Å². The smallest absolute Gasteiger partial charge is 0.124 e. The molecule has 2 aliphatic heterocycles. The molecule has 2 saturated heterocycles. The van der Waals surface area contributed by atoms with Crippen LogP contribution in [-0.2, 0) is 0 Å². The fraction of sp³-hybridized carbons (Fsp3) is 1.00. The lowest BCUT2D eigenvalue weighted by atomic mass is 9.78. The van der Waals surface area contributed by atoms with Crippen molar-refractivity contribution in [2.45, 2.75) is 25.4 Å². The van der Waals surface area contributed by atoms with Crippen LogP contribution < -0.4 is 5.32 Å². The lowest BCUT2D eigenvalue weighted by Crippen LogP contribution is -2.40. The lowest BCUT2D eigenvalue weighted by molar-refractivity contribution is 0.0742. The van der Waals surface area contributed by atoms with Crippen molar-refractivity contribution in [3.05, 3.63) is 0 Å². The molecule has 1 N–H and O–H groups in total. The molecule has 0 saturated carbocycles. The molecule has 0 amide bonds. The van der Waals surface area contributed by atoms with Gasteiger partial charge in [-0.25, -0.2) is 4.39 Å². The zero-order valence-corrected chi connectivity index (χ0v) is 9.22. The van der Waals surface area contributed by atoms with E-state index in [-0.39, 0.29) is 5.92 Å². The second kappa shape index (κ2) is 3.78. The molecule has 0 aromatic rings. The maximum absolute atomic E-state index is 14.1. The van der Waals surface area contributed by atoms with Crippen LogP contribution in [0.4, 0.5) is 4.39 Å². The van der Waals surface area contributed by atoms with Crippen LogP contribution in [0.15, 0.2) is 0 Å². The van der Waals surface area contributed by atoms with Crippen molar-refractivity contribution < 1.29 is 4.39 Å². The third kappa shape index (κ3) is 1.94. The normalized spacial score (nSPS) is 41.8. The molecule has 0 aromatic carbocycles. The van der Waals surface area contributed by atoms with Crippen molar-refractivity contribution in [1.82, 2.24) is 10.2 Å². The van der Waals surface area contributed by atoms with E-state index in [1.54, 1.807) is 6.92 Å². The number of rotatable bonds is 1. The summed E-state index contributed by atoms with van der Waals surface area (Å²) in [6.45, 7) is 5.45. The molecule has 2 aliphatic rings. The topological polar surface area (TPSA) is 15.3 Å². The first-order valence-electron chi connectivity index (χ1n) is 5.68. The van der Waals surface area contributed by atoms with E-state index < -0.39 is 5.67 Å². The number of nitrogens with one attached hydrogen (secondary N) is 1. The largest absolute Gasteiger partial charge is 0.313 e. The highest BCUT2D eigenvalue weighted by Gasteiger charge is 2.43. The number of piperidine rings is 1. The SMILES string of the molecule is CN1CCC(C2CNCC2(C)F)CC1. The molecule has 2 rings (SSSR count). The number of hydrogen-bond acceptors (Lipinski definition) is 2. The highest BCUT2D eigenvalue weighted by Crippen LogP contribution is 2.36. The van der Waals surface area contributed by atoms with Crippen LogP contribution in [0.3, 0.4) is 0 Å². The van der Waals surface area contributed by atoms with Crippen LogP contribution in [0.25, 0.3) is 0 Å². The Balaban J connectivity index is 1.95. The molecular weight excluding hydrogens is 179 g/mol. The van der Waals surface area contributed by atoms with Gasteiger partial charge in [0.05, 0.1) is 0 Å². The third-order valence-corrected chi connectivity index (χ3v) is 3.94. The number of hydrogen-bond donors (Lipinski definition) is 1. The van der Waals surface area contributed by atoms with Crippen molar-refractivity contribution in [3.63, 3.8) is 0 Å². The number of nitrogens with zero attached hydrogens (tertiary/aromatic N) is 1. The average molecular weight is 200 g/mol. The Morgan fingerprint density at radius 1 is 1.36 bits per heavy atom. The Kier molecular flexibility index (Phi) is 2.80. The minimum Gasteiger partial charge on any atom is -0.313 e. The van der Waals surface area contributed by atoms with Gasteiger partial charge in [0, 0.05) is 19.0 Å². The molecule has 82 valence electrons. The van der Waals surface area contributed by atoms with Crippen LogP contribution in [0.5, 0.6) is 0 Å². The summed E-state index contributed by atoms with van der Waals surface area (Å²) >= 11 is 0.